The van der Waals surface area contributed by atoms with Crippen LogP contribution in [-0.4, -0.2) is 24.0 Å². The molecule has 0 saturated carbocycles. The highest BCUT2D eigenvalue weighted by Crippen LogP contribution is 2.42. The van der Waals surface area contributed by atoms with Gasteiger partial charge in [-0.3, -0.25) is 0 Å². The Balaban J connectivity index is 2.00. The number of likely N-dealkylation sites (tertiary alicyclic amines) is 1. The molecule has 2 aromatic rings. The van der Waals surface area contributed by atoms with Crippen LogP contribution in [0.4, 0.5) is 0 Å². The van der Waals surface area contributed by atoms with E-state index in [4.69, 9.17) is 0 Å². The number of nitrogens with zero attached hydrogens (tertiary/aromatic N) is 1. The first-order chi connectivity index (χ1) is 11.0. The van der Waals surface area contributed by atoms with E-state index in [0.717, 1.165) is 22.0 Å². The highest BCUT2D eigenvalue weighted by atomic mass is 79.9. The Morgan fingerprint density at radius 1 is 0.783 bits per heavy atom. The Morgan fingerprint density at radius 3 is 1.52 bits per heavy atom. The van der Waals surface area contributed by atoms with Gasteiger partial charge in [-0.25, -0.2) is 0 Å². The van der Waals surface area contributed by atoms with Gasteiger partial charge >= 0.3 is 0 Å². The first kappa shape index (κ1) is 17.2. The van der Waals surface area contributed by atoms with Crippen molar-refractivity contribution in [1.82, 2.24) is 4.90 Å². The monoisotopic (exact) mass is 435 g/mol. The van der Waals surface area contributed by atoms with Crippen molar-refractivity contribution in [2.75, 3.05) is 13.1 Å². The predicted molar refractivity (Wildman–Crippen MR) is 105 cm³/mol. The number of hydrogen-bond acceptors (Lipinski definition) is 1. The van der Waals surface area contributed by atoms with E-state index in [9.17, 15) is 0 Å². The molecule has 1 aliphatic heterocycles. The number of piperidine rings is 1. The normalized spacial score (nSPS) is 18.3. The average molecular weight is 437 g/mol. The summed E-state index contributed by atoms with van der Waals surface area (Å²) in [5.41, 5.74) is 3.00. The third kappa shape index (κ3) is 3.57. The summed E-state index contributed by atoms with van der Waals surface area (Å²) in [6.45, 7) is 6.91. The Morgan fingerprint density at radius 2 is 1.17 bits per heavy atom. The SMILES string of the molecule is CC(C)N1CCC(c2ccc(Br)cc2)(c2ccc(Br)cc2)CC1. The van der Waals surface area contributed by atoms with E-state index in [1.54, 1.807) is 0 Å². The van der Waals surface area contributed by atoms with Gasteiger partial charge in [0.1, 0.15) is 0 Å². The third-order valence-corrected chi connectivity index (χ3v) is 6.23. The van der Waals surface area contributed by atoms with Crippen LogP contribution >= 0.6 is 31.9 Å². The minimum absolute atomic E-state index is 0.132. The van der Waals surface area contributed by atoms with Gasteiger partial charge < -0.3 is 4.90 Å². The zero-order chi connectivity index (χ0) is 16.4. The lowest BCUT2D eigenvalue weighted by molar-refractivity contribution is 0.145. The first-order valence-corrected chi connectivity index (χ1v) is 9.86. The Hall–Kier alpha value is -0.640. The molecule has 1 aliphatic rings. The Labute approximate surface area is 156 Å². The molecule has 0 unspecified atom stereocenters. The summed E-state index contributed by atoms with van der Waals surface area (Å²) in [7, 11) is 0. The van der Waals surface area contributed by atoms with Crippen molar-refractivity contribution in [2.24, 2.45) is 0 Å². The van der Waals surface area contributed by atoms with Crippen molar-refractivity contribution in [1.29, 1.82) is 0 Å². The van der Waals surface area contributed by atoms with Crippen LogP contribution in [0.1, 0.15) is 37.8 Å². The molecule has 3 heteroatoms. The van der Waals surface area contributed by atoms with Gasteiger partial charge in [0.25, 0.3) is 0 Å². The second-order valence-corrected chi connectivity index (χ2v) is 8.56. The molecule has 1 saturated heterocycles. The number of rotatable bonds is 3. The second-order valence-electron chi connectivity index (χ2n) is 6.73. The minimum Gasteiger partial charge on any atom is -0.301 e. The third-order valence-electron chi connectivity index (χ3n) is 5.18. The molecule has 2 aromatic carbocycles. The summed E-state index contributed by atoms with van der Waals surface area (Å²) < 4.78 is 2.29. The fourth-order valence-corrected chi connectivity index (χ4v) is 4.23. The first-order valence-electron chi connectivity index (χ1n) is 8.27. The zero-order valence-electron chi connectivity index (χ0n) is 13.7. The maximum atomic E-state index is 3.57. The molecule has 0 amide bonds. The van der Waals surface area contributed by atoms with E-state index in [-0.39, 0.29) is 5.41 Å². The standard InChI is InChI=1S/C20H23Br2N/c1-15(2)23-13-11-20(12-14-23,16-3-7-18(21)8-4-16)17-5-9-19(22)10-6-17/h3-10,15H,11-14H2,1-2H3. The Kier molecular flexibility index (Phi) is 5.29. The van der Waals surface area contributed by atoms with E-state index >= 15 is 0 Å². The van der Waals surface area contributed by atoms with Crippen LogP contribution < -0.4 is 0 Å². The van der Waals surface area contributed by atoms with Gasteiger partial charge in [-0.2, -0.15) is 0 Å². The topological polar surface area (TPSA) is 3.24 Å². The number of halogens is 2. The van der Waals surface area contributed by atoms with E-state index in [1.807, 2.05) is 0 Å². The minimum atomic E-state index is 0.132. The van der Waals surface area contributed by atoms with Gasteiger partial charge in [-0.1, -0.05) is 56.1 Å². The zero-order valence-corrected chi connectivity index (χ0v) is 16.9. The van der Waals surface area contributed by atoms with Crippen molar-refractivity contribution in [3.05, 3.63) is 68.6 Å². The van der Waals surface area contributed by atoms with E-state index < -0.39 is 0 Å². The van der Waals surface area contributed by atoms with Gasteiger partial charge in [0, 0.05) is 20.4 Å². The molecule has 0 radical (unpaired) electrons. The summed E-state index contributed by atoms with van der Waals surface area (Å²) in [5.74, 6) is 0. The van der Waals surface area contributed by atoms with Gasteiger partial charge in [0.15, 0.2) is 0 Å². The summed E-state index contributed by atoms with van der Waals surface area (Å²) in [5, 5.41) is 0. The smallest absolute Gasteiger partial charge is 0.0227 e. The van der Waals surface area contributed by atoms with Gasteiger partial charge in [0.2, 0.25) is 0 Å². The van der Waals surface area contributed by atoms with Crippen LogP contribution in [0.5, 0.6) is 0 Å². The molecule has 0 aromatic heterocycles. The molecule has 1 heterocycles. The molecule has 122 valence electrons. The lowest BCUT2D eigenvalue weighted by Crippen LogP contribution is -2.45. The van der Waals surface area contributed by atoms with Crippen molar-refractivity contribution >= 4 is 31.9 Å². The average Bonchev–Trinajstić information content (AvgIpc) is 2.56. The van der Waals surface area contributed by atoms with Crippen LogP contribution in [0.15, 0.2) is 57.5 Å². The van der Waals surface area contributed by atoms with Crippen molar-refractivity contribution in [3.8, 4) is 0 Å². The van der Waals surface area contributed by atoms with Crippen LogP contribution in [0, 0.1) is 0 Å². The summed E-state index contributed by atoms with van der Waals surface area (Å²) >= 11 is 7.13. The van der Waals surface area contributed by atoms with Crippen molar-refractivity contribution < 1.29 is 0 Å². The van der Waals surface area contributed by atoms with Crippen LogP contribution in [-0.2, 0) is 5.41 Å². The quantitative estimate of drug-likeness (QED) is 0.570. The summed E-state index contributed by atoms with van der Waals surface area (Å²) in [4.78, 5) is 2.59. The molecule has 23 heavy (non-hydrogen) atoms. The van der Waals surface area contributed by atoms with E-state index in [2.05, 4.69) is 99.1 Å². The molecule has 0 N–H and O–H groups in total. The molecule has 0 atom stereocenters. The summed E-state index contributed by atoms with van der Waals surface area (Å²) in [6.07, 6.45) is 2.35. The molecule has 3 rings (SSSR count). The fourth-order valence-electron chi connectivity index (χ4n) is 3.70. The number of hydrogen-bond donors (Lipinski definition) is 0. The van der Waals surface area contributed by atoms with E-state index in [1.165, 1.54) is 24.0 Å². The van der Waals surface area contributed by atoms with Gasteiger partial charge in [-0.05, 0) is 75.2 Å². The van der Waals surface area contributed by atoms with Crippen LogP contribution in [0.25, 0.3) is 0 Å². The van der Waals surface area contributed by atoms with Crippen LogP contribution in [0.2, 0.25) is 0 Å². The van der Waals surface area contributed by atoms with Gasteiger partial charge in [-0.15, -0.1) is 0 Å². The highest BCUT2D eigenvalue weighted by Gasteiger charge is 2.38. The van der Waals surface area contributed by atoms with Crippen molar-refractivity contribution in [3.63, 3.8) is 0 Å². The highest BCUT2D eigenvalue weighted by molar-refractivity contribution is 9.10. The molecular weight excluding hydrogens is 414 g/mol. The summed E-state index contributed by atoms with van der Waals surface area (Å²) in [6, 6.07) is 18.5. The van der Waals surface area contributed by atoms with Crippen LogP contribution in [0.3, 0.4) is 0 Å². The molecule has 0 aliphatic carbocycles. The van der Waals surface area contributed by atoms with E-state index in [0.29, 0.717) is 6.04 Å². The second kappa shape index (κ2) is 7.08. The maximum absolute atomic E-state index is 3.57. The largest absolute Gasteiger partial charge is 0.301 e. The predicted octanol–water partition coefficient (Wildman–Crippen LogP) is 6.00. The Bertz CT molecular complexity index is 591. The maximum Gasteiger partial charge on any atom is 0.0227 e. The molecule has 1 fully saturated rings. The van der Waals surface area contributed by atoms with Gasteiger partial charge in [0.05, 0.1) is 0 Å². The molecule has 0 spiro atoms. The molecular formula is C20H23Br2N. The lowest BCUT2D eigenvalue weighted by atomic mass is 9.68. The number of benzene rings is 2. The molecule has 0 bridgehead atoms. The lowest BCUT2D eigenvalue weighted by Gasteiger charge is -2.44. The molecule has 1 nitrogen and oxygen atoms in total. The fraction of sp³-hybridized carbons (Fsp3) is 0.400. The van der Waals surface area contributed by atoms with Crippen molar-refractivity contribution in [2.45, 2.75) is 38.1 Å².